The molecule has 1 aromatic carbocycles. The molecular weight excluding hydrogens is 474 g/mol. The predicted octanol–water partition coefficient (Wildman–Crippen LogP) is 5.90. The average molecular weight is 528 g/mol. The van der Waals surface area contributed by atoms with E-state index in [1.165, 1.54) is 51.4 Å². The Hall–Kier alpha value is -1.63. The van der Waals surface area contributed by atoms with Crippen LogP contribution in [0, 0.1) is 29.1 Å². The Morgan fingerprint density at radius 2 is 1.37 bits per heavy atom. The molecule has 8 aliphatic carbocycles. The number of hydrogen-bond donors (Lipinski definition) is 4. The van der Waals surface area contributed by atoms with Crippen LogP contribution in [-0.2, 0) is 11.3 Å². The molecule has 214 valence electrons. The van der Waals surface area contributed by atoms with E-state index in [0.29, 0.717) is 12.0 Å². The topological polar surface area (TPSA) is 111 Å². The number of aliphatic hydroxyl groups is 1. The van der Waals surface area contributed by atoms with Gasteiger partial charge in [-0.05, 0) is 119 Å². The number of rotatable bonds is 3. The Balaban J connectivity index is 0.000000177. The minimum Gasteiger partial charge on any atom is -0.445 e. The summed E-state index contributed by atoms with van der Waals surface area (Å²) in [6, 6.07) is 9.88. The highest BCUT2D eigenvalue weighted by atomic mass is 16.5. The monoisotopic (exact) mass is 527 g/mol. The number of nitrogens with two attached hydrogens (primary N) is 2. The lowest BCUT2D eigenvalue weighted by atomic mass is 9.47. The van der Waals surface area contributed by atoms with Crippen molar-refractivity contribution in [3.8, 4) is 0 Å². The fourth-order valence-electron chi connectivity index (χ4n) is 10.2. The van der Waals surface area contributed by atoms with Gasteiger partial charge in [0.05, 0.1) is 0 Å². The molecule has 0 aromatic heterocycles. The van der Waals surface area contributed by atoms with E-state index in [-0.39, 0.29) is 36.7 Å². The smallest absolute Gasteiger partial charge is 0.407 e. The van der Waals surface area contributed by atoms with E-state index >= 15 is 0 Å². The van der Waals surface area contributed by atoms with Crippen LogP contribution < -0.4 is 16.8 Å². The van der Waals surface area contributed by atoms with Crippen LogP contribution in [0.1, 0.15) is 104 Å². The molecule has 8 aliphatic rings. The van der Waals surface area contributed by atoms with Crippen LogP contribution in [0.5, 0.6) is 0 Å². The van der Waals surface area contributed by atoms with Crippen LogP contribution in [0.2, 0.25) is 0 Å². The second-order valence-corrected chi connectivity index (χ2v) is 14.2. The van der Waals surface area contributed by atoms with Crippen molar-refractivity contribution in [3.63, 3.8) is 0 Å². The number of benzene rings is 1. The van der Waals surface area contributed by atoms with Crippen LogP contribution in [0.15, 0.2) is 30.3 Å². The van der Waals surface area contributed by atoms with Gasteiger partial charge in [-0.3, -0.25) is 0 Å². The average Bonchev–Trinajstić information content (AvgIpc) is 2.75. The lowest BCUT2D eigenvalue weighted by Gasteiger charge is -2.61. The maximum Gasteiger partial charge on any atom is 0.407 e. The minimum absolute atomic E-state index is 0. The highest BCUT2D eigenvalue weighted by molar-refractivity contribution is 5.68. The first-order chi connectivity index (χ1) is 17.5. The Kier molecular flexibility index (Phi) is 8.57. The van der Waals surface area contributed by atoms with Crippen molar-refractivity contribution in [2.45, 2.75) is 122 Å². The maximum absolute atomic E-state index is 12.3. The third kappa shape index (κ3) is 6.56. The number of aliphatic hydroxyl groups excluding tert-OH is 1. The molecule has 0 spiro atoms. The lowest BCUT2D eigenvalue weighted by Crippen LogP contribution is -2.66. The Labute approximate surface area is 230 Å². The van der Waals surface area contributed by atoms with Gasteiger partial charge in [0, 0.05) is 23.2 Å². The number of nitrogens with one attached hydrogen (secondary N) is 1. The Morgan fingerprint density at radius 3 is 1.82 bits per heavy atom. The summed E-state index contributed by atoms with van der Waals surface area (Å²) in [5.74, 6) is 3.34. The fourth-order valence-corrected chi connectivity index (χ4v) is 10.2. The molecule has 1 aromatic rings. The van der Waals surface area contributed by atoms with Crippen molar-refractivity contribution in [3.05, 3.63) is 35.9 Å². The normalized spacial score (nSPS) is 42.7. The summed E-state index contributed by atoms with van der Waals surface area (Å²) in [5.41, 5.74) is 14.4. The van der Waals surface area contributed by atoms with Gasteiger partial charge in [-0.1, -0.05) is 44.7 Å². The van der Waals surface area contributed by atoms with Gasteiger partial charge in [-0.25, -0.2) is 4.79 Å². The van der Waals surface area contributed by atoms with Crippen LogP contribution in [0.25, 0.3) is 0 Å². The summed E-state index contributed by atoms with van der Waals surface area (Å²) >= 11 is 0. The molecular formula is C32H53N3O3. The molecule has 2 unspecified atom stereocenters. The largest absolute Gasteiger partial charge is 0.445 e. The van der Waals surface area contributed by atoms with Crippen molar-refractivity contribution in [1.29, 1.82) is 0 Å². The predicted molar refractivity (Wildman–Crippen MR) is 153 cm³/mol. The molecule has 0 heterocycles. The fraction of sp³-hybridized carbons (Fsp3) is 0.781. The molecule has 6 heteroatoms. The standard InChI is InChI=1S/C19H25NO2.C10H18N2.C2H6O.CH4/c1-18-8-15-7-16(9-18)11-19(10-15,13-18)20-17(21)22-12-14-5-3-2-4-6-14;11-9-2-7-1-8(4-9)5-10(12,3-7)6-9;1-2-3;/h2-6,15-16H,7-13H2,1H3,(H,20,21);7-8H,1-6,11-12H2;3H,2H2,1H3;1H4. The van der Waals surface area contributed by atoms with Crippen molar-refractivity contribution in [2.24, 2.45) is 40.6 Å². The number of carbonyl (C=O) groups is 1. The van der Waals surface area contributed by atoms with E-state index < -0.39 is 0 Å². The van der Waals surface area contributed by atoms with E-state index in [2.05, 4.69) is 12.2 Å². The molecule has 38 heavy (non-hydrogen) atoms. The molecule has 8 bridgehead atoms. The van der Waals surface area contributed by atoms with Gasteiger partial charge < -0.3 is 26.6 Å². The SMILES string of the molecule is C.CC12CC3CC(C1)CC(NC(=O)OCc1ccccc1)(C3)C2.CCO.NC12CC3CC(C1)CC(N)(C3)C2. The summed E-state index contributed by atoms with van der Waals surface area (Å²) in [4.78, 5) is 12.3. The second kappa shape index (κ2) is 11.1. The van der Waals surface area contributed by atoms with E-state index in [1.807, 2.05) is 30.3 Å². The summed E-state index contributed by atoms with van der Waals surface area (Å²) in [5, 5.41) is 10.8. The minimum atomic E-state index is -0.241. The van der Waals surface area contributed by atoms with Gasteiger partial charge in [-0.2, -0.15) is 0 Å². The van der Waals surface area contributed by atoms with E-state index in [1.54, 1.807) is 6.92 Å². The second-order valence-electron chi connectivity index (χ2n) is 14.2. The zero-order valence-electron chi connectivity index (χ0n) is 23.0. The van der Waals surface area contributed by atoms with E-state index in [4.69, 9.17) is 21.3 Å². The number of amides is 1. The molecule has 0 saturated heterocycles. The first-order valence-corrected chi connectivity index (χ1v) is 14.7. The molecule has 0 radical (unpaired) electrons. The number of hydrogen-bond acceptors (Lipinski definition) is 5. The van der Waals surface area contributed by atoms with Gasteiger partial charge in [-0.15, -0.1) is 0 Å². The zero-order chi connectivity index (χ0) is 26.3. The molecule has 2 atom stereocenters. The van der Waals surface area contributed by atoms with E-state index in [0.717, 1.165) is 54.9 Å². The summed E-state index contributed by atoms with van der Waals surface area (Å²) in [6.07, 6.45) is 14.8. The molecule has 9 rings (SSSR count). The molecule has 6 N–H and O–H groups in total. The van der Waals surface area contributed by atoms with Crippen molar-refractivity contribution < 1.29 is 14.6 Å². The molecule has 1 amide bonds. The van der Waals surface area contributed by atoms with Crippen LogP contribution in [0.4, 0.5) is 4.79 Å². The van der Waals surface area contributed by atoms with Crippen LogP contribution in [-0.4, -0.2) is 34.4 Å². The maximum atomic E-state index is 12.3. The van der Waals surface area contributed by atoms with Gasteiger partial charge in [0.2, 0.25) is 0 Å². The van der Waals surface area contributed by atoms with E-state index in [9.17, 15) is 4.79 Å². The van der Waals surface area contributed by atoms with Crippen LogP contribution >= 0.6 is 0 Å². The third-order valence-electron chi connectivity index (χ3n) is 10.1. The van der Waals surface area contributed by atoms with Gasteiger partial charge in [0.1, 0.15) is 6.61 Å². The summed E-state index contributed by atoms with van der Waals surface area (Å²) in [7, 11) is 0. The first-order valence-electron chi connectivity index (χ1n) is 14.7. The molecule has 8 fully saturated rings. The van der Waals surface area contributed by atoms with Gasteiger partial charge in [0.25, 0.3) is 0 Å². The molecule has 0 aliphatic heterocycles. The van der Waals surface area contributed by atoms with Crippen LogP contribution in [0.3, 0.4) is 0 Å². The Morgan fingerprint density at radius 1 is 0.895 bits per heavy atom. The highest BCUT2D eigenvalue weighted by Crippen LogP contribution is 2.61. The third-order valence-corrected chi connectivity index (χ3v) is 10.1. The first kappa shape index (κ1) is 29.4. The highest BCUT2D eigenvalue weighted by Gasteiger charge is 2.57. The lowest BCUT2D eigenvalue weighted by molar-refractivity contribution is -0.0701. The van der Waals surface area contributed by atoms with Crippen molar-refractivity contribution >= 4 is 6.09 Å². The van der Waals surface area contributed by atoms with Gasteiger partial charge in [0.15, 0.2) is 0 Å². The number of ether oxygens (including phenoxy) is 1. The summed E-state index contributed by atoms with van der Waals surface area (Å²) < 4.78 is 5.45. The quantitative estimate of drug-likeness (QED) is 0.391. The number of carbonyl (C=O) groups excluding carboxylic acids is 1. The van der Waals surface area contributed by atoms with Crippen molar-refractivity contribution in [1.82, 2.24) is 5.32 Å². The summed E-state index contributed by atoms with van der Waals surface area (Å²) in [6.45, 7) is 4.70. The Bertz CT molecular complexity index is 903. The molecule has 6 nitrogen and oxygen atoms in total. The molecule has 8 saturated carbocycles. The van der Waals surface area contributed by atoms with Gasteiger partial charge >= 0.3 is 6.09 Å². The van der Waals surface area contributed by atoms with Crippen molar-refractivity contribution in [2.75, 3.05) is 6.61 Å². The number of alkyl carbamates (subject to hydrolysis) is 1. The zero-order valence-corrected chi connectivity index (χ0v) is 23.0.